The summed E-state index contributed by atoms with van der Waals surface area (Å²) < 4.78 is 0. The van der Waals surface area contributed by atoms with Gasteiger partial charge in [0.15, 0.2) is 0 Å². The lowest BCUT2D eigenvalue weighted by Gasteiger charge is -2.20. The minimum absolute atomic E-state index is 0.314. The molecule has 0 spiro atoms. The van der Waals surface area contributed by atoms with Crippen LogP contribution in [0.5, 0.6) is 0 Å². The predicted octanol–water partition coefficient (Wildman–Crippen LogP) is 4.05. The molecule has 1 aromatic heterocycles. The van der Waals surface area contributed by atoms with Gasteiger partial charge in [0.25, 0.3) is 0 Å². The Labute approximate surface area is 162 Å². The summed E-state index contributed by atoms with van der Waals surface area (Å²) >= 11 is 0. The summed E-state index contributed by atoms with van der Waals surface area (Å²) in [5, 5.41) is 11.9. The summed E-state index contributed by atoms with van der Waals surface area (Å²) in [4.78, 5) is 6.48. The summed E-state index contributed by atoms with van der Waals surface area (Å²) in [7, 11) is 4.07. The molecule has 0 bridgehead atoms. The second-order valence-electron chi connectivity index (χ2n) is 7.13. The minimum Gasteiger partial charge on any atom is -0.398 e. The molecule has 5 heteroatoms. The van der Waals surface area contributed by atoms with Gasteiger partial charge in [-0.05, 0) is 56.3 Å². The van der Waals surface area contributed by atoms with Crippen LogP contribution in [0.1, 0.15) is 37.8 Å². The van der Waals surface area contributed by atoms with E-state index in [9.17, 15) is 0 Å². The zero-order valence-electron chi connectivity index (χ0n) is 16.8. The fraction of sp³-hybridized carbons (Fsp3) is 0.364. The van der Waals surface area contributed by atoms with Crippen molar-refractivity contribution in [3.63, 3.8) is 0 Å². The lowest BCUT2D eigenvalue weighted by atomic mass is 9.98. The zero-order valence-corrected chi connectivity index (χ0v) is 16.8. The first-order chi connectivity index (χ1) is 12.8. The molecule has 0 fully saturated rings. The molecule has 0 atom stereocenters. The summed E-state index contributed by atoms with van der Waals surface area (Å²) in [6.07, 6.45) is 5.70. The minimum atomic E-state index is 0.314. The first kappa shape index (κ1) is 20.6. The molecule has 0 aliphatic rings. The predicted molar refractivity (Wildman–Crippen MR) is 115 cm³/mol. The van der Waals surface area contributed by atoms with Crippen LogP contribution < -0.4 is 11.1 Å². The van der Waals surface area contributed by atoms with E-state index in [0.717, 1.165) is 36.1 Å². The molecule has 0 amide bonds. The molecule has 0 saturated carbocycles. The molecule has 4 N–H and O–H groups in total. The van der Waals surface area contributed by atoms with Crippen LogP contribution in [0, 0.1) is 5.41 Å². The van der Waals surface area contributed by atoms with E-state index in [1.165, 1.54) is 0 Å². The number of nitrogens with two attached hydrogens (primary N) is 1. The standard InChI is InChI=1S/C22H31N5/c1-6-19(7-2)26-15(3)22(24)20-11-17(8-9-21(20)23)18-10-16(12-25-13-18)14-27(4)5/h8-13,19,24,26H,3,6-7,14,23H2,1-2,4-5H3. The summed E-state index contributed by atoms with van der Waals surface area (Å²) in [5.74, 6) is 0. The maximum absolute atomic E-state index is 8.55. The Morgan fingerprint density at radius 1 is 1.19 bits per heavy atom. The third-order valence-electron chi connectivity index (χ3n) is 4.62. The second kappa shape index (κ2) is 9.33. The van der Waals surface area contributed by atoms with Crippen molar-refractivity contribution in [1.82, 2.24) is 15.2 Å². The molecule has 0 radical (unpaired) electrons. The van der Waals surface area contributed by atoms with Crippen molar-refractivity contribution >= 4 is 11.4 Å². The van der Waals surface area contributed by atoms with E-state index in [1.807, 2.05) is 44.7 Å². The Morgan fingerprint density at radius 3 is 2.52 bits per heavy atom. The summed E-state index contributed by atoms with van der Waals surface area (Å²) in [5.41, 5.74) is 11.5. The average Bonchev–Trinajstić information content (AvgIpc) is 2.65. The molecular formula is C22H31N5. The van der Waals surface area contributed by atoms with Crippen LogP contribution in [0.4, 0.5) is 5.69 Å². The highest BCUT2D eigenvalue weighted by Gasteiger charge is 2.14. The molecule has 0 saturated heterocycles. The number of pyridine rings is 1. The number of anilines is 1. The van der Waals surface area contributed by atoms with Crippen molar-refractivity contribution in [2.45, 2.75) is 39.3 Å². The Hall–Kier alpha value is -2.66. The number of benzene rings is 1. The van der Waals surface area contributed by atoms with Crippen LogP contribution in [0.2, 0.25) is 0 Å². The first-order valence-electron chi connectivity index (χ1n) is 9.38. The van der Waals surface area contributed by atoms with Crippen LogP contribution in [0.25, 0.3) is 11.1 Å². The molecule has 5 nitrogen and oxygen atoms in total. The van der Waals surface area contributed by atoms with Crippen molar-refractivity contribution in [2.75, 3.05) is 19.8 Å². The Bertz CT molecular complexity index is 806. The van der Waals surface area contributed by atoms with Crippen LogP contribution in [-0.2, 0) is 6.54 Å². The lowest BCUT2D eigenvalue weighted by Crippen LogP contribution is -2.30. The highest BCUT2D eigenvalue weighted by Crippen LogP contribution is 2.25. The quantitative estimate of drug-likeness (QED) is 0.463. The van der Waals surface area contributed by atoms with Gasteiger partial charge in [-0.15, -0.1) is 0 Å². The normalized spacial score (nSPS) is 11.0. The SMILES string of the molecule is C=C(NC(CC)CC)C(=N)c1cc(-c2cncc(CN(C)C)c2)ccc1N. The van der Waals surface area contributed by atoms with E-state index in [4.69, 9.17) is 11.1 Å². The van der Waals surface area contributed by atoms with E-state index < -0.39 is 0 Å². The van der Waals surface area contributed by atoms with Gasteiger partial charge in [-0.25, -0.2) is 0 Å². The molecule has 1 aromatic carbocycles. The molecule has 0 aliphatic carbocycles. The molecule has 0 aliphatic heterocycles. The van der Waals surface area contributed by atoms with E-state index in [0.29, 0.717) is 28.7 Å². The molecule has 27 heavy (non-hydrogen) atoms. The topological polar surface area (TPSA) is 78.0 Å². The van der Waals surface area contributed by atoms with Gasteiger partial charge in [0.1, 0.15) is 0 Å². The first-order valence-corrected chi connectivity index (χ1v) is 9.38. The van der Waals surface area contributed by atoms with Crippen molar-refractivity contribution in [1.29, 1.82) is 5.41 Å². The van der Waals surface area contributed by atoms with Crippen LogP contribution in [0.3, 0.4) is 0 Å². The van der Waals surface area contributed by atoms with Gasteiger partial charge in [0.2, 0.25) is 0 Å². The number of hydrogen-bond donors (Lipinski definition) is 3. The monoisotopic (exact) mass is 365 g/mol. The average molecular weight is 366 g/mol. The maximum Gasteiger partial charge on any atom is 0.0858 e. The highest BCUT2D eigenvalue weighted by atomic mass is 15.0. The molecular weight excluding hydrogens is 334 g/mol. The third kappa shape index (κ3) is 5.41. The molecule has 1 heterocycles. The molecule has 2 aromatic rings. The Morgan fingerprint density at radius 2 is 1.89 bits per heavy atom. The lowest BCUT2D eigenvalue weighted by molar-refractivity contribution is 0.402. The number of nitrogen functional groups attached to an aromatic ring is 1. The number of nitrogens with zero attached hydrogens (tertiary/aromatic N) is 2. The molecule has 144 valence electrons. The van der Waals surface area contributed by atoms with Crippen molar-refractivity contribution in [3.05, 3.63) is 60.1 Å². The van der Waals surface area contributed by atoms with E-state index in [-0.39, 0.29) is 0 Å². The Balaban J connectivity index is 2.31. The van der Waals surface area contributed by atoms with Gasteiger partial charge >= 0.3 is 0 Å². The van der Waals surface area contributed by atoms with Crippen molar-refractivity contribution in [3.8, 4) is 11.1 Å². The van der Waals surface area contributed by atoms with Crippen molar-refractivity contribution < 1.29 is 0 Å². The second-order valence-corrected chi connectivity index (χ2v) is 7.13. The highest BCUT2D eigenvalue weighted by molar-refractivity contribution is 6.13. The van der Waals surface area contributed by atoms with Gasteiger partial charge in [-0.1, -0.05) is 26.5 Å². The summed E-state index contributed by atoms with van der Waals surface area (Å²) in [6.45, 7) is 9.13. The van der Waals surface area contributed by atoms with E-state index >= 15 is 0 Å². The van der Waals surface area contributed by atoms with Crippen LogP contribution >= 0.6 is 0 Å². The van der Waals surface area contributed by atoms with Crippen LogP contribution in [-0.4, -0.2) is 35.7 Å². The number of allylic oxidation sites excluding steroid dienone is 1. The fourth-order valence-electron chi connectivity index (χ4n) is 3.02. The number of aromatic nitrogens is 1. The summed E-state index contributed by atoms with van der Waals surface area (Å²) in [6, 6.07) is 8.22. The number of hydrogen-bond acceptors (Lipinski definition) is 5. The zero-order chi connectivity index (χ0) is 20.0. The van der Waals surface area contributed by atoms with Gasteiger partial charge in [0, 0.05) is 41.8 Å². The smallest absolute Gasteiger partial charge is 0.0858 e. The molecule has 2 rings (SSSR count). The third-order valence-corrected chi connectivity index (χ3v) is 4.62. The van der Waals surface area contributed by atoms with Gasteiger partial charge in [-0.2, -0.15) is 0 Å². The van der Waals surface area contributed by atoms with Crippen molar-refractivity contribution in [2.24, 2.45) is 0 Å². The molecule has 0 unspecified atom stereocenters. The van der Waals surface area contributed by atoms with E-state index in [1.54, 1.807) is 0 Å². The fourth-order valence-corrected chi connectivity index (χ4v) is 3.02. The largest absolute Gasteiger partial charge is 0.398 e. The number of rotatable bonds is 9. The van der Waals surface area contributed by atoms with Crippen LogP contribution in [0.15, 0.2) is 48.9 Å². The van der Waals surface area contributed by atoms with E-state index in [2.05, 4.69) is 41.7 Å². The number of nitrogens with one attached hydrogen (secondary N) is 2. The Kier molecular flexibility index (Phi) is 7.13. The van der Waals surface area contributed by atoms with Gasteiger partial charge in [0.05, 0.1) is 11.4 Å². The van der Waals surface area contributed by atoms with Gasteiger partial charge < -0.3 is 16.0 Å². The van der Waals surface area contributed by atoms with Gasteiger partial charge in [-0.3, -0.25) is 10.4 Å². The maximum atomic E-state index is 8.55.